The second-order valence-corrected chi connectivity index (χ2v) is 5.69. The maximum absolute atomic E-state index is 14.3. The minimum atomic E-state index is -3.84. The van der Waals surface area contributed by atoms with E-state index in [1.165, 1.54) is 13.3 Å². The van der Waals surface area contributed by atoms with Gasteiger partial charge >= 0.3 is 11.8 Å². The number of nitrogens with zero attached hydrogens (tertiary/aromatic N) is 2. The van der Waals surface area contributed by atoms with E-state index in [2.05, 4.69) is 10.3 Å². The number of rotatable bonds is 5. The summed E-state index contributed by atoms with van der Waals surface area (Å²) in [6.07, 6.45) is 1.47. The number of pyridine rings is 1. The average molecular weight is 372 g/mol. The summed E-state index contributed by atoms with van der Waals surface area (Å²) in [6.45, 7) is -0.0519. The lowest BCUT2D eigenvalue weighted by Crippen LogP contribution is -2.37. The number of aromatic nitrogens is 1. The summed E-state index contributed by atoms with van der Waals surface area (Å²) in [5.74, 6) is -6.47. The number of benzene rings is 1. The van der Waals surface area contributed by atoms with Crippen LogP contribution < -0.4 is 15.0 Å². The third-order valence-corrected chi connectivity index (χ3v) is 4.01. The average Bonchev–Trinajstić information content (AvgIpc) is 2.77. The van der Waals surface area contributed by atoms with E-state index in [1.807, 2.05) is 0 Å². The molecule has 1 aliphatic heterocycles. The topological polar surface area (TPSA) is 54.5 Å². The molecule has 132 valence electrons. The second-order valence-electron chi connectivity index (χ2n) is 5.30. The molecule has 0 atom stereocenters. The zero-order chi connectivity index (χ0) is 18.2. The van der Waals surface area contributed by atoms with Crippen LogP contribution in [0.1, 0.15) is 5.56 Å². The van der Waals surface area contributed by atoms with Gasteiger partial charge in [0.25, 0.3) is 0 Å². The highest BCUT2D eigenvalue weighted by atomic mass is 35.5. The third kappa shape index (κ3) is 2.97. The molecule has 1 aromatic carbocycles. The van der Waals surface area contributed by atoms with Crippen molar-refractivity contribution in [1.29, 1.82) is 0 Å². The first-order valence-corrected chi connectivity index (χ1v) is 7.66. The lowest BCUT2D eigenvalue weighted by molar-refractivity contribution is -0.141. The SMILES string of the molecule is COc1ccc(F)c2c1C(F)(F)C(=O)N2CCNc1ccnc(Cl)c1. The lowest BCUT2D eigenvalue weighted by Gasteiger charge is -2.18. The summed E-state index contributed by atoms with van der Waals surface area (Å²) >= 11 is 5.75. The lowest BCUT2D eigenvalue weighted by atomic mass is 10.1. The summed E-state index contributed by atoms with van der Waals surface area (Å²) in [5, 5.41) is 3.18. The summed E-state index contributed by atoms with van der Waals surface area (Å²) < 4.78 is 47.7. The fourth-order valence-electron chi connectivity index (χ4n) is 2.70. The van der Waals surface area contributed by atoms with E-state index >= 15 is 0 Å². The predicted octanol–water partition coefficient (Wildman–Crippen LogP) is 3.43. The Kier molecular flexibility index (Phi) is 4.47. The zero-order valence-corrected chi connectivity index (χ0v) is 13.8. The third-order valence-electron chi connectivity index (χ3n) is 3.80. The zero-order valence-electron chi connectivity index (χ0n) is 13.0. The Bertz CT molecular complexity index is 832. The van der Waals surface area contributed by atoms with E-state index in [4.69, 9.17) is 16.3 Å². The molecule has 9 heteroatoms. The molecule has 0 radical (unpaired) electrons. The van der Waals surface area contributed by atoms with Gasteiger partial charge in [0.1, 0.15) is 16.7 Å². The molecule has 0 aliphatic carbocycles. The van der Waals surface area contributed by atoms with Crippen molar-refractivity contribution in [1.82, 2.24) is 4.98 Å². The Morgan fingerprint density at radius 3 is 2.80 bits per heavy atom. The van der Waals surface area contributed by atoms with Gasteiger partial charge in [0.05, 0.1) is 18.4 Å². The second kappa shape index (κ2) is 6.44. The van der Waals surface area contributed by atoms with Crippen molar-refractivity contribution in [2.45, 2.75) is 5.92 Å². The van der Waals surface area contributed by atoms with Gasteiger partial charge in [-0.05, 0) is 24.3 Å². The monoisotopic (exact) mass is 371 g/mol. The Morgan fingerprint density at radius 2 is 2.12 bits per heavy atom. The number of halogens is 4. The molecule has 0 spiro atoms. The smallest absolute Gasteiger partial charge is 0.356 e. The summed E-state index contributed by atoms with van der Waals surface area (Å²) in [4.78, 5) is 16.6. The number of hydrogen-bond donors (Lipinski definition) is 1. The molecular weight excluding hydrogens is 359 g/mol. The maximum Gasteiger partial charge on any atom is 0.356 e. The van der Waals surface area contributed by atoms with E-state index in [0.717, 1.165) is 17.0 Å². The van der Waals surface area contributed by atoms with Gasteiger partial charge in [0.15, 0.2) is 0 Å². The first-order chi connectivity index (χ1) is 11.9. The van der Waals surface area contributed by atoms with Crippen molar-refractivity contribution >= 4 is 28.9 Å². The molecule has 3 rings (SSSR count). The van der Waals surface area contributed by atoms with Gasteiger partial charge in [-0.2, -0.15) is 8.78 Å². The molecular formula is C16H13ClF3N3O2. The molecule has 2 aromatic rings. The Hall–Kier alpha value is -2.48. The first-order valence-electron chi connectivity index (χ1n) is 7.28. The molecule has 1 amide bonds. The van der Waals surface area contributed by atoms with E-state index < -0.39 is 28.9 Å². The first kappa shape index (κ1) is 17.3. The molecule has 25 heavy (non-hydrogen) atoms. The number of methoxy groups -OCH3 is 1. The van der Waals surface area contributed by atoms with Gasteiger partial charge in [-0.15, -0.1) is 0 Å². The van der Waals surface area contributed by atoms with Crippen molar-refractivity contribution in [2.24, 2.45) is 0 Å². The van der Waals surface area contributed by atoms with Gasteiger partial charge in [-0.1, -0.05) is 11.6 Å². The number of nitrogens with one attached hydrogen (secondary N) is 1. The van der Waals surface area contributed by atoms with Crippen molar-refractivity contribution in [2.75, 3.05) is 30.4 Å². The van der Waals surface area contributed by atoms with Crippen molar-refractivity contribution < 1.29 is 22.7 Å². The fraction of sp³-hybridized carbons (Fsp3) is 0.250. The van der Waals surface area contributed by atoms with E-state index in [-0.39, 0.29) is 24.0 Å². The van der Waals surface area contributed by atoms with Gasteiger partial charge in [0.2, 0.25) is 0 Å². The van der Waals surface area contributed by atoms with E-state index in [1.54, 1.807) is 12.1 Å². The molecule has 0 unspecified atom stereocenters. The number of carbonyl (C=O) groups excluding carboxylic acids is 1. The maximum atomic E-state index is 14.3. The van der Waals surface area contributed by atoms with Crippen molar-refractivity contribution in [3.05, 3.63) is 47.0 Å². The summed E-state index contributed by atoms with van der Waals surface area (Å²) in [7, 11) is 1.19. The van der Waals surface area contributed by atoms with Crippen LogP contribution in [0.3, 0.4) is 0 Å². The highest BCUT2D eigenvalue weighted by Crippen LogP contribution is 2.49. The van der Waals surface area contributed by atoms with Crippen LogP contribution in [0, 0.1) is 5.82 Å². The molecule has 2 heterocycles. The van der Waals surface area contributed by atoms with Crippen molar-refractivity contribution in [3.8, 4) is 5.75 Å². The van der Waals surface area contributed by atoms with Gasteiger partial charge in [-0.25, -0.2) is 9.37 Å². The van der Waals surface area contributed by atoms with E-state index in [0.29, 0.717) is 5.69 Å². The van der Waals surface area contributed by atoms with Crippen LogP contribution in [0.2, 0.25) is 5.15 Å². The summed E-state index contributed by atoms with van der Waals surface area (Å²) in [5.41, 5.74) is -0.597. The van der Waals surface area contributed by atoms with Gasteiger partial charge in [-0.3, -0.25) is 4.79 Å². The normalized spacial score (nSPS) is 15.2. The number of ether oxygens (including phenoxy) is 1. The molecule has 1 aromatic heterocycles. The Labute approximate surface area is 146 Å². The van der Waals surface area contributed by atoms with Crippen LogP contribution in [0.4, 0.5) is 24.5 Å². The number of hydrogen-bond acceptors (Lipinski definition) is 4. The number of fused-ring (bicyclic) bond motifs is 1. The molecule has 0 bridgehead atoms. The number of carbonyl (C=O) groups is 1. The standard InChI is InChI=1S/C16H13ClF3N3O2/c1-25-11-3-2-10(18)14-13(11)16(19,20)15(24)23(14)7-6-21-9-4-5-22-12(17)8-9/h2-5,8H,6-7H2,1H3,(H,21,22). The molecule has 5 nitrogen and oxygen atoms in total. The Morgan fingerprint density at radius 1 is 1.36 bits per heavy atom. The van der Waals surface area contributed by atoms with Crippen LogP contribution >= 0.6 is 11.6 Å². The number of amides is 1. The van der Waals surface area contributed by atoms with Crippen LogP contribution in [0.25, 0.3) is 0 Å². The van der Waals surface area contributed by atoms with Crippen molar-refractivity contribution in [3.63, 3.8) is 0 Å². The quantitative estimate of drug-likeness (QED) is 0.818. The van der Waals surface area contributed by atoms with Crippen LogP contribution in [-0.4, -0.2) is 31.1 Å². The minimum Gasteiger partial charge on any atom is -0.496 e. The largest absolute Gasteiger partial charge is 0.496 e. The molecule has 0 saturated heterocycles. The molecule has 1 N–H and O–H groups in total. The molecule has 0 saturated carbocycles. The highest BCUT2D eigenvalue weighted by Gasteiger charge is 2.56. The van der Waals surface area contributed by atoms with E-state index in [9.17, 15) is 18.0 Å². The van der Waals surface area contributed by atoms with Crippen LogP contribution in [0.5, 0.6) is 5.75 Å². The van der Waals surface area contributed by atoms with Crippen LogP contribution in [-0.2, 0) is 10.7 Å². The summed E-state index contributed by atoms with van der Waals surface area (Å²) in [6, 6.07) is 5.24. The molecule has 0 fully saturated rings. The fourth-order valence-corrected chi connectivity index (χ4v) is 2.87. The van der Waals surface area contributed by atoms with Crippen LogP contribution in [0.15, 0.2) is 30.5 Å². The highest BCUT2D eigenvalue weighted by molar-refractivity contribution is 6.29. The molecule has 1 aliphatic rings. The van der Waals surface area contributed by atoms with Gasteiger partial charge in [0, 0.05) is 25.0 Å². The minimum absolute atomic E-state index is 0.109. The Balaban J connectivity index is 1.85. The van der Waals surface area contributed by atoms with Gasteiger partial charge < -0.3 is 15.0 Å². The number of anilines is 2. The predicted molar refractivity (Wildman–Crippen MR) is 86.9 cm³/mol. The number of alkyl halides is 2.